The van der Waals surface area contributed by atoms with E-state index in [2.05, 4.69) is 36.0 Å². The number of aryl methyl sites for hydroxylation is 1. The second kappa shape index (κ2) is 7.72. The van der Waals surface area contributed by atoms with Gasteiger partial charge >= 0.3 is 0 Å². The van der Waals surface area contributed by atoms with Crippen LogP contribution in [0, 0.1) is 6.92 Å². The maximum atomic E-state index is 4.40. The largest absolute Gasteiger partial charge is 0.306 e. The van der Waals surface area contributed by atoms with Gasteiger partial charge in [-0.2, -0.15) is 0 Å². The van der Waals surface area contributed by atoms with Gasteiger partial charge in [-0.1, -0.05) is 13.8 Å². The molecule has 2 nitrogen and oxygen atoms in total. The Morgan fingerprint density at radius 3 is 2.53 bits per heavy atom. The number of likely N-dealkylation sites (tertiary alicyclic amines) is 1. The summed E-state index contributed by atoms with van der Waals surface area (Å²) in [4.78, 5) is 6.81. The lowest BCUT2D eigenvalue weighted by Gasteiger charge is -2.28. The summed E-state index contributed by atoms with van der Waals surface area (Å²) in [5.74, 6) is 0. The fourth-order valence-electron chi connectivity index (χ4n) is 1.85. The van der Waals surface area contributed by atoms with Crippen LogP contribution in [-0.4, -0.2) is 35.3 Å². The molecule has 17 heavy (non-hydrogen) atoms. The molecule has 2 rings (SSSR count). The monoisotopic (exact) mass is 252 g/mol. The van der Waals surface area contributed by atoms with Crippen molar-refractivity contribution in [3.05, 3.63) is 23.9 Å². The zero-order valence-corrected chi connectivity index (χ0v) is 12.3. The van der Waals surface area contributed by atoms with Gasteiger partial charge in [-0.05, 0) is 57.6 Å². The van der Waals surface area contributed by atoms with Crippen LogP contribution >= 0.6 is 11.8 Å². The molecule has 0 amide bonds. The Kier molecular flexibility index (Phi) is 6.60. The molecule has 0 unspecified atom stereocenters. The third-order valence-corrected chi connectivity index (χ3v) is 4.11. The SMILES string of the molecule is CC.Cc1ccnc(SC2CCN(C)CC2)c1. The Morgan fingerprint density at radius 1 is 1.29 bits per heavy atom. The Bertz CT molecular complexity index is 320. The van der Waals surface area contributed by atoms with Crippen molar-refractivity contribution in [3.8, 4) is 0 Å². The van der Waals surface area contributed by atoms with Crippen LogP contribution in [0.15, 0.2) is 23.4 Å². The summed E-state index contributed by atoms with van der Waals surface area (Å²) in [6.07, 6.45) is 4.49. The maximum Gasteiger partial charge on any atom is 0.0965 e. The van der Waals surface area contributed by atoms with E-state index < -0.39 is 0 Å². The molecule has 1 aliphatic rings. The molecule has 3 heteroatoms. The number of pyridine rings is 1. The summed E-state index contributed by atoms with van der Waals surface area (Å²) < 4.78 is 0. The number of aromatic nitrogens is 1. The molecule has 1 aromatic rings. The molecule has 1 aromatic heterocycles. The molecule has 0 atom stereocenters. The van der Waals surface area contributed by atoms with Crippen LogP contribution in [0.25, 0.3) is 0 Å². The lowest BCUT2D eigenvalue weighted by Crippen LogP contribution is -2.31. The highest BCUT2D eigenvalue weighted by Crippen LogP contribution is 2.28. The second-order valence-electron chi connectivity index (χ2n) is 4.29. The summed E-state index contributed by atoms with van der Waals surface area (Å²) >= 11 is 1.94. The first-order valence-electron chi connectivity index (χ1n) is 6.52. The third kappa shape index (κ3) is 5.09. The van der Waals surface area contributed by atoms with Gasteiger partial charge < -0.3 is 4.90 Å². The lowest BCUT2D eigenvalue weighted by atomic mass is 10.1. The number of hydrogen-bond donors (Lipinski definition) is 0. The van der Waals surface area contributed by atoms with Gasteiger partial charge in [-0.25, -0.2) is 4.98 Å². The van der Waals surface area contributed by atoms with E-state index in [4.69, 9.17) is 0 Å². The van der Waals surface area contributed by atoms with Gasteiger partial charge in [0.2, 0.25) is 0 Å². The number of thioether (sulfide) groups is 1. The average molecular weight is 252 g/mol. The van der Waals surface area contributed by atoms with Crippen LogP contribution in [0.2, 0.25) is 0 Å². The topological polar surface area (TPSA) is 16.1 Å². The van der Waals surface area contributed by atoms with E-state index in [0.29, 0.717) is 0 Å². The van der Waals surface area contributed by atoms with Gasteiger partial charge in [-0.3, -0.25) is 0 Å². The fraction of sp³-hybridized carbons (Fsp3) is 0.643. The molecular weight excluding hydrogens is 228 g/mol. The normalized spacial score (nSPS) is 17.4. The number of rotatable bonds is 2. The number of hydrogen-bond acceptors (Lipinski definition) is 3. The molecule has 0 aromatic carbocycles. The lowest BCUT2D eigenvalue weighted by molar-refractivity contribution is 0.282. The quantitative estimate of drug-likeness (QED) is 0.800. The zero-order chi connectivity index (χ0) is 12.7. The van der Waals surface area contributed by atoms with Crippen LogP contribution in [-0.2, 0) is 0 Å². The molecule has 0 aliphatic carbocycles. The first-order valence-corrected chi connectivity index (χ1v) is 7.40. The third-order valence-electron chi connectivity index (χ3n) is 2.84. The highest BCUT2D eigenvalue weighted by atomic mass is 32.2. The van der Waals surface area contributed by atoms with E-state index in [0.717, 1.165) is 5.25 Å². The summed E-state index contributed by atoms with van der Waals surface area (Å²) in [7, 11) is 2.20. The highest BCUT2D eigenvalue weighted by Gasteiger charge is 2.17. The average Bonchev–Trinajstić information content (AvgIpc) is 2.35. The smallest absolute Gasteiger partial charge is 0.0965 e. The van der Waals surface area contributed by atoms with Gasteiger partial charge in [0.1, 0.15) is 0 Å². The van der Waals surface area contributed by atoms with Gasteiger partial charge in [0, 0.05) is 11.4 Å². The van der Waals surface area contributed by atoms with Crippen molar-refractivity contribution in [1.82, 2.24) is 9.88 Å². The van der Waals surface area contributed by atoms with Crippen LogP contribution in [0.5, 0.6) is 0 Å². The van der Waals surface area contributed by atoms with E-state index >= 15 is 0 Å². The second-order valence-corrected chi connectivity index (χ2v) is 5.61. The summed E-state index contributed by atoms with van der Waals surface area (Å²) in [5.41, 5.74) is 1.31. The first-order chi connectivity index (χ1) is 8.24. The molecule has 1 fully saturated rings. The van der Waals surface area contributed by atoms with E-state index in [1.54, 1.807) is 0 Å². The minimum atomic E-state index is 0.760. The van der Waals surface area contributed by atoms with Crippen LogP contribution in [0.3, 0.4) is 0 Å². The minimum absolute atomic E-state index is 0.760. The zero-order valence-electron chi connectivity index (χ0n) is 11.4. The van der Waals surface area contributed by atoms with Crippen molar-refractivity contribution < 1.29 is 0 Å². The van der Waals surface area contributed by atoms with Crippen LogP contribution < -0.4 is 0 Å². The van der Waals surface area contributed by atoms with Gasteiger partial charge in [-0.15, -0.1) is 11.8 Å². The van der Waals surface area contributed by atoms with Crippen LogP contribution in [0.1, 0.15) is 32.3 Å². The van der Waals surface area contributed by atoms with Gasteiger partial charge in [0.05, 0.1) is 5.03 Å². The number of nitrogens with zero attached hydrogens (tertiary/aromatic N) is 2. The number of piperidine rings is 1. The molecule has 96 valence electrons. The van der Waals surface area contributed by atoms with Crippen molar-refractivity contribution >= 4 is 11.8 Å². The summed E-state index contributed by atoms with van der Waals surface area (Å²) in [5, 5.41) is 1.94. The molecule has 2 heterocycles. The van der Waals surface area contributed by atoms with E-state index in [1.807, 2.05) is 31.8 Å². The Labute approximate surface area is 110 Å². The van der Waals surface area contributed by atoms with Crippen molar-refractivity contribution in [3.63, 3.8) is 0 Å². The fourth-order valence-corrected chi connectivity index (χ4v) is 3.01. The summed E-state index contributed by atoms with van der Waals surface area (Å²) in [6.45, 7) is 8.58. The molecule has 0 bridgehead atoms. The standard InChI is InChI=1S/C12H18N2S.C2H6/c1-10-3-6-13-12(9-10)15-11-4-7-14(2)8-5-11;1-2/h3,6,9,11H,4-5,7-8H2,1-2H3;1-2H3. The molecule has 1 saturated heterocycles. The van der Waals surface area contributed by atoms with Crippen molar-refractivity contribution in [2.24, 2.45) is 0 Å². The van der Waals surface area contributed by atoms with Gasteiger partial charge in [0.15, 0.2) is 0 Å². The minimum Gasteiger partial charge on any atom is -0.306 e. The predicted octanol–water partition coefficient (Wildman–Crippen LogP) is 3.60. The maximum absolute atomic E-state index is 4.40. The van der Waals surface area contributed by atoms with E-state index in [1.165, 1.54) is 36.5 Å². The van der Waals surface area contributed by atoms with Crippen molar-refractivity contribution in [2.75, 3.05) is 20.1 Å². The van der Waals surface area contributed by atoms with E-state index in [9.17, 15) is 0 Å². The Hall–Kier alpha value is -0.540. The van der Waals surface area contributed by atoms with Crippen LogP contribution in [0.4, 0.5) is 0 Å². The predicted molar refractivity (Wildman–Crippen MR) is 76.7 cm³/mol. The Balaban J connectivity index is 0.000000686. The molecule has 0 radical (unpaired) electrons. The molecule has 0 saturated carbocycles. The van der Waals surface area contributed by atoms with Crippen molar-refractivity contribution in [2.45, 2.75) is 43.9 Å². The molecule has 0 N–H and O–H groups in total. The highest BCUT2D eigenvalue weighted by molar-refractivity contribution is 7.99. The van der Waals surface area contributed by atoms with Crippen molar-refractivity contribution in [1.29, 1.82) is 0 Å². The molecular formula is C14H24N2S. The first kappa shape index (κ1) is 14.5. The molecule has 1 aliphatic heterocycles. The van der Waals surface area contributed by atoms with E-state index in [-0.39, 0.29) is 0 Å². The molecule has 0 spiro atoms. The van der Waals surface area contributed by atoms with Gasteiger partial charge in [0.25, 0.3) is 0 Å². The summed E-state index contributed by atoms with van der Waals surface area (Å²) in [6, 6.07) is 4.24. The Morgan fingerprint density at radius 2 is 1.94 bits per heavy atom.